The van der Waals surface area contributed by atoms with Gasteiger partial charge in [0.25, 0.3) is 5.91 Å². The normalized spacial score (nSPS) is 18.6. The predicted molar refractivity (Wildman–Crippen MR) is 127 cm³/mol. The molecule has 2 aliphatic heterocycles. The third-order valence-corrected chi connectivity index (χ3v) is 9.15. The van der Waals surface area contributed by atoms with Crippen LogP contribution in [0.5, 0.6) is 0 Å². The van der Waals surface area contributed by atoms with Gasteiger partial charge in [-0.05, 0) is 50.2 Å². The van der Waals surface area contributed by atoms with Crippen LogP contribution in [0.15, 0.2) is 41.3 Å². The van der Waals surface area contributed by atoms with Crippen LogP contribution in [-0.2, 0) is 17.1 Å². The highest BCUT2D eigenvalue weighted by Crippen LogP contribution is 2.33. The van der Waals surface area contributed by atoms with Crippen LogP contribution in [0.2, 0.25) is 0 Å². The van der Waals surface area contributed by atoms with E-state index in [1.165, 1.54) is 4.31 Å². The molecule has 172 valence electrons. The highest BCUT2D eigenvalue weighted by molar-refractivity contribution is 7.89. The van der Waals surface area contributed by atoms with Crippen molar-refractivity contribution >= 4 is 21.5 Å². The minimum atomic E-state index is -3.80. The Morgan fingerprint density at radius 3 is 2.25 bits per heavy atom. The number of likely N-dealkylation sites (tertiary alicyclic amines) is 1. The van der Waals surface area contributed by atoms with Crippen molar-refractivity contribution in [1.29, 1.82) is 0 Å². The number of amides is 1. The van der Waals surface area contributed by atoms with E-state index in [1.807, 2.05) is 47.7 Å². The van der Waals surface area contributed by atoms with Crippen LogP contribution in [-0.4, -0.2) is 54.3 Å². The van der Waals surface area contributed by atoms with Crippen molar-refractivity contribution in [1.82, 2.24) is 13.8 Å². The summed E-state index contributed by atoms with van der Waals surface area (Å²) in [6, 6.07) is 10.1. The Morgan fingerprint density at radius 1 is 1.00 bits per heavy atom. The van der Waals surface area contributed by atoms with E-state index in [0.29, 0.717) is 55.5 Å². The molecule has 0 radical (unpaired) electrons. The largest absolute Gasteiger partial charge is 0.350 e. The summed E-state index contributed by atoms with van der Waals surface area (Å²) in [4.78, 5) is 15.5. The van der Waals surface area contributed by atoms with Crippen LogP contribution in [0.1, 0.15) is 53.5 Å². The fourth-order valence-corrected chi connectivity index (χ4v) is 6.63. The molecule has 0 N–H and O–H groups in total. The summed E-state index contributed by atoms with van der Waals surface area (Å²) in [5, 5.41) is 0. The van der Waals surface area contributed by atoms with Gasteiger partial charge in [-0.25, -0.2) is 8.42 Å². The van der Waals surface area contributed by atoms with Gasteiger partial charge in [0, 0.05) is 44.6 Å². The maximum Gasteiger partial charge on any atom is 0.257 e. The summed E-state index contributed by atoms with van der Waals surface area (Å²) in [5.74, 6) is 0.439. The molecule has 4 rings (SSSR count). The first-order valence-corrected chi connectivity index (χ1v) is 12.9. The summed E-state index contributed by atoms with van der Waals surface area (Å²) >= 11 is 0. The summed E-state index contributed by atoms with van der Waals surface area (Å²) < 4.78 is 30.9. The lowest BCUT2D eigenvalue weighted by Crippen LogP contribution is -2.40. The second-order valence-electron chi connectivity index (χ2n) is 9.12. The van der Waals surface area contributed by atoms with E-state index in [-0.39, 0.29) is 10.8 Å². The number of nitrogens with zero attached hydrogens (tertiary/aromatic N) is 3. The molecule has 3 heterocycles. The van der Waals surface area contributed by atoms with Crippen molar-refractivity contribution in [3.63, 3.8) is 0 Å². The fraction of sp³-hybridized carbons (Fsp3) is 0.480. The molecule has 0 saturated carbocycles. The SMILES string of the molecule is Cc1c(C(=O)N2CCC(C)CC2)c(S(=O)(=O)N2CC=C(c3ccccc3)CC2)c(C)n1C. The Bertz CT molecular complexity index is 1140. The molecular formula is C25H33N3O3S. The highest BCUT2D eigenvalue weighted by atomic mass is 32.2. The molecule has 1 fully saturated rings. The Labute approximate surface area is 191 Å². The van der Waals surface area contributed by atoms with E-state index in [1.54, 1.807) is 6.92 Å². The van der Waals surface area contributed by atoms with Gasteiger partial charge in [0.15, 0.2) is 0 Å². The second kappa shape index (κ2) is 8.87. The lowest BCUT2D eigenvalue weighted by Gasteiger charge is -2.31. The van der Waals surface area contributed by atoms with Crippen LogP contribution >= 0.6 is 0 Å². The van der Waals surface area contributed by atoms with E-state index >= 15 is 0 Å². The molecule has 0 spiro atoms. The van der Waals surface area contributed by atoms with Crippen LogP contribution in [0.3, 0.4) is 0 Å². The number of hydrogen-bond donors (Lipinski definition) is 0. The van der Waals surface area contributed by atoms with Crippen LogP contribution in [0.25, 0.3) is 5.57 Å². The molecule has 1 aromatic heterocycles. The zero-order valence-electron chi connectivity index (χ0n) is 19.5. The quantitative estimate of drug-likeness (QED) is 0.700. The zero-order valence-corrected chi connectivity index (χ0v) is 20.3. The van der Waals surface area contributed by atoms with Gasteiger partial charge in [-0.3, -0.25) is 4.79 Å². The summed E-state index contributed by atoms with van der Waals surface area (Å²) in [5.41, 5.74) is 3.97. The predicted octanol–water partition coefficient (Wildman–Crippen LogP) is 3.99. The number of aromatic nitrogens is 1. The van der Waals surface area contributed by atoms with E-state index in [9.17, 15) is 13.2 Å². The third kappa shape index (κ3) is 4.04. The van der Waals surface area contributed by atoms with Crippen molar-refractivity contribution in [2.24, 2.45) is 13.0 Å². The minimum absolute atomic E-state index is 0.158. The first-order valence-electron chi connectivity index (χ1n) is 11.4. The van der Waals surface area contributed by atoms with Gasteiger partial charge in [-0.1, -0.05) is 43.3 Å². The van der Waals surface area contributed by atoms with Gasteiger partial charge < -0.3 is 9.47 Å². The number of carbonyl (C=O) groups is 1. The molecule has 1 aromatic carbocycles. The number of rotatable bonds is 4. The first kappa shape index (κ1) is 22.8. The maximum atomic E-state index is 13.8. The van der Waals surface area contributed by atoms with Crippen molar-refractivity contribution in [3.05, 3.63) is 58.9 Å². The number of sulfonamides is 1. The maximum absolute atomic E-state index is 13.8. The lowest BCUT2D eigenvalue weighted by molar-refractivity contribution is 0.0692. The molecule has 32 heavy (non-hydrogen) atoms. The van der Waals surface area contributed by atoms with E-state index in [4.69, 9.17) is 0 Å². The number of piperidine rings is 1. The van der Waals surface area contributed by atoms with Gasteiger partial charge in [0.2, 0.25) is 10.0 Å². The third-order valence-electron chi connectivity index (χ3n) is 7.12. The molecule has 1 amide bonds. The van der Waals surface area contributed by atoms with E-state index in [2.05, 4.69) is 19.1 Å². The standard InChI is InChI=1S/C25H33N3O3S/c1-18-10-14-27(15-11-18)25(29)23-19(2)26(4)20(3)24(23)32(30,31)28-16-12-22(13-17-28)21-8-6-5-7-9-21/h5-9,12,18H,10-11,13-17H2,1-4H3. The highest BCUT2D eigenvalue weighted by Gasteiger charge is 2.37. The van der Waals surface area contributed by atoms with Crippen LogP contribution < -0.4 is 0 Å². The number of carbonyl (C=O) groups excluding carboxylic acids is 1. The van der Waals surface area contributed by atoms with Gasteiger partial charge in [-0.2, -0.15) is 4.31 Å². The van der Waals surface area contributed by atoms with Gasteiger partial charge in [0.05, 0.1) is 5.56 Å². The van der Waals surface area contributed by atoms with Crippen LogP contribution in [0, 0.1) is 19.8 Å². The molecule has 0 atom stereocenters. The van der Waals surface area contributed by atoms with Crippen molar-refractivity contribution in [2.45, 2.75) is 44.9 Å². The van der Waals surface area contributed by atoms with E-state index < -0.39 is 10.0 Å². The van der Waals surface area contributed by atoms with Crippen molar-refractivity contribution < 1.29 is 13.2 Å². The molecule has 2 aromatic rings. The van der Waals surface area contributed by atoms with Gasteiger partial charge in [0.1, 0.15) is 4.90 Å². The second-order valence-corrected chi connectivity index (χ2v) is 11.0. The van der Waals surface area contributed by atoms with E-state index in [0.717, 1.165) is 24.0 Å². The van der Waals surface area contributed by atoms with Crippen molar-refractivity contribution in [3.8, 4) is 0 Å². The summed E-state index contributed by atoms with van der Waals surface area (Å²) in [6.45, 7) is 7.92. The first-order chi connectivity index (χ1) is 15.2. The zero-order chi connectivity index (χ0) is 23.0. The monoisotopic (exact) mass is 455 g/mol. The lowest BCUT2D eigenvalue weighted by atomic mass is 9.98. The number of hydrogen-bond acceptors (Lipinski definition) is 3. The molecule has 1 saturated heterocycles. The Hall–Kier alpha value is -2.38. The average molecular weight is 456 g/mol. The fourth-order valence-electron chi connectivity index (χ4n) is 4.77. The molecule has 0 aliphatic carbocycles. The number of benzene rings is 1. The molecular weight excluding hydrogens is 422 g/mol. The summed E-state index contributed by atoms with van der Waals surface area (Å²) in [6.07, 6.45) is 4.56. The Morgan fingerprint density at radius 2 is 1.66 bits per heavy atom. The topological polar surface area (TPSA) is 62.6 Å². The van der Waals surface area contributed by atoms with Crippen LogP contribution in [0.4, 0.5) is 0 Å². The molecule has 7 heteroatoms. The molecule has 2 aliphatic rings. The average Bonchev–Trinajstić information content (AvgIpc) is 3.04. The summed E-state index contributed by atoms with van der Waals surface area (Å²) in [7, 11) is -1.97. The Balaban J connectivity index is 1.66. The molecule has 6 nitrogen and oxygen atoms in total. The molecule has 0 bridgehead atoms. The minimum Gasteiger partial charge on any atom is -0.350 e. The Kier molecular flexibility index (Phi) is 6.32. The van der Waals surface area contributed by atoms with Gasteiger partial charge >= 0.3 is 0 Å². The van der Waals surface area contributed by atoms with Gasteiger partial charge in [-0.15, -0.1) is 0 Å². The smallest absolute Gasteiger partial charge is 0.257 e. The molecule has 0 unspecified atom stereocenters. The van der Waals surface area contributed by atoms with Crippen molar-refractivity contribution in [2.75, 3.05) is 26.2 Å².